The van der Waals surface area contributed by atoms with Crippen molar-refractivity contribution in [1.82, 2.24) is 5.32 Å². The largest absolute Gasteiger partial charge is 0.468 e. The smallest absolute Gasteiger partial charge is 0.120 e. The van der Waals surface area contributed by atoms with Gasteiger partial charge in [0.1, 0.15) is 5.76 Å². The van der Waals surface area contributed by atoms with E-state index in [-0.39, 0.29) is 6.04 Å². The lowest BCUT2D eigenvalue weighted by Gasteiger charge is -2.11. The van der Waals surface area contributed by atoms with Gasteiger partial charge < -0.3 is 9.73 Å². The molecule has 16 heavy (non-hydrogen) atoms. The van der Waals surface area contributed by atoms with Gasteiger partial charge in [-0.25, -0.2) is 0 Å². The lowest BCUT2D eigenvalue weighted by molar-refractivity contribution is 0.430. The van der Waals surface area contributed by atoms with Crippen molar-refractivity contribution in [3.8, 4) is 0 Å². The van der Waals surface area contributed by atoms with Crippen LogP contribution in [0.15, 0.2) is 47.1 Å². The highest BCUT2D eigenvalue weighted by Crippen LogP contribution is 2.17. The van der Waals surface area contributed by atoms with Crippen LogP contribution in [-0.2, 0) is 6.54 Å². The van der Waals surface area contributed by atoms with Crippen LogP contribution < -0.4 is 5.32 Å². The zero-order chi connectivity index (χ0) is 11.4. The van der Waals surface area contributed by atoms with Gasteiger partial charge in [0, 0.05) is 11.6 Å². The quantitative estimate of drug-likeness (QED) is 0.873. The first kappa shape index (κ1) is 11.2. The predicted octanol–water partition coefficient (Wildman–Crippen LogP) is 3.78. The molecule has 0 radical (unpaired) electrons. The normalized spacial score (nSPS) is 12.6. The predicted molar refractivity (Wildman–Crippen MR) is 65.4 cm³/mol. The average Bonchev–Trinajstić information content (AvgIpc) is 2.81. The molecule has 0 aliphatic carbocycles. The topological polar surface area (TPSA) is 25.2 Å². The van der Waals surface area contributed by atoms with E-state index in [2.05, 4.69) is 12.2 Å². The van der Waals surface area contributed by atoms with Gasteiger partial charge in [0.05, 0.1) is 12.3 Å². The van der Waals surface area contributed by atoms with Crippen LogP contribution in [0.25, 0.3) is 0 Å². The molecular formula is C13H14ClNO. The summed E-state index contributed by atoms with van der Waals surface area (Å²) in [6.45, 7) is 2.80. The molecule has 84 valence electrons. The number of furan rings is 1. The molecule has 1 aromatic heterocycles. The van der Waals surface area contributed by atoms with Gasteiger partial charge in [-0.3, -0.25) is 0 Å². The summed E-state index contributed by atoms with van der Waals surface area (Å²) in [5.74, 6) is 0.937. The van der Waals surface area contributed by atoms with Crippen molar-refractivity contribution in [3.05, 3.63) is 59.0 Å². The van der Waals surface area contributed by atoms with Crippen molar-refractivity contribution < 1.29 is 4.42 Å². The van der Waals surface area contributed by atoms with Crippen LogP contribution in [0.2, 0.25) is 5.02 Å². The maximum absolute atomic E-state index is 6.07. The van der Waals surface area contributed by atoms with Crippen molar-refractivity contribution >= 4 is 11.6 Å². The maximum atomic E-state index is 6.07. The van der Waals surface area contributed by atoms with Crippen molar-refractivity contribution in [2.24, 2.45) is 0 Å². The van der Waals surface area contributed by atoms with Crippen LogP contribution in [0, 0.1) is 0 Å². The summed E-state index contributed by atoms with van der Waals surface area (Å²) in [6, 6.07) is 11.9. The minimum absolute atomic E-state index is 0.186. The van der Waals surface area contributed by atoms with Crippen LogP contribution in [0.5, 0.6) is 0 Å². The molecule has 0 fully saturated rings. The Morgan fingerprint density at radius 1 is 1.25 bits per heavy atom. The third-order valence-electron chi connectivity index (χ3n) is 2.53. The van der Waals surface area contributed by atoms with E-state index in [9.17, 15) is 0 Å². The lowest BCUT2D eigenvalue weighted by Crippen LogP contribution is -2.17. The third-order valence-corrected chi connectivity index (χ3v) is 2.90. The summed E-state index contributed by atoms with van der Waals surface area (Å²) in [5.41, 5.74) is 1.10. The first-order valence-electron chi connectivity index (χ1n) is 5.27. The molecule has 0 saturated heterocycles. The highest BCUT2D eigenvalue weighted by Gasteiger charge is 2.07. The summed E-state index contributed by atoms with van der Waals surface area (Å²) in [4.78, 5) is 0. The Balaban J connectivity index is 1.95. The highest BCUT2D eigenvalue weighted by atomic mass is 35.5. The molecule has 1 aromatic carbocycles. The molecule has 2 rings (SSSR count). The van der Waals surface area contributed by atoms with Crippen LogP contribution in [0.1, 0.15) is 24.3 Å². The van der Waals surface area contributed by atoms with Crippen molar-refractivity contribution in [2.45, 2.75) is 19.5 Å². The fourth-order valence-corrected chi connectivity index (χ4v) is 1.75. The van der Waals surface area contributed by atoms with Crippen LogP contribution >= 0.6 is 11.6 Å². The number of halogens is 1. The Kier molecular flexibility index (Phi) is 3.65. The first-order chi connectivity index (χ1) is 7.77. The van der Waals surface area contributed by atoms with E-state index in [1.54, 1.807) is 6.26 Å². The Bertz CT molecular complexity index is 439. The van der Waals surface area contributed by atoms with Gasteiger partial charge >= 0.3 is 0 Å². The second-order valence-electron chi connectivity index (χ2n) is 3.71. The molecule has 1 heterocycles. The summed E-state index contributed by atoms with van der Waals surface area (Å²) >= 11 is 6.07. The molecule has 1 N–H and O–H groups in total. The van der Waals surface area contributed by atoms with Crippen LogP contribution in [-0.4, -0.2) is 0 Å². The zero-order valence-electron chi connectivity index (χ0n) is 9.11. The summed E-state index contributed by atoms with van der Waals surface area (Å²) < 4.78 is 5.32. The fourth-order valence-electron chi connectivity index (χ4n) is 1.54. The van der Waals surface area contributed by atoms with Crippen molar-refractivity contribution in [1.29, 1.82) is 0 Å². The molecule has 0 unspecified atom stereocenters. The Labute approximate surface area is 100 Å². The minimum Gasteiger partial charge on any atom is -0.468 e. The van der Waals surface area contributed by atoms with Crippen LogP contribution in [0.3, 0.4) is 0 Å². The van der Waals surface area contributed by atoms with E-state index >= 15 is 0 Å². The molecule has 2 nitrogen and oxygen atoms in total. The average molecular weight is 236 g/mol. The molecule has 1 atom stereocenters. The molecule has 0 bridgehead atoms. The van der Waals surface area contributed by atoms with Gasteiger partial charge in [-0.1, -0.05) is 29.8 Å². The van der Waals surface area contributed by atoms with Gasteiger partial charge in [0.25, 0.3) is 0 Å². The molecule has 2 aromatic rings. The van der Waals surface area contributed by atoms with Gasteiger partial charge in [-0.15, -0.1) is 0 Å². The first-order valence-corrected chi connectivity index (χ1v) is 5.65. The number of nitrogens with one attached hydrogen (secondary N) is 1. The standard InChI is InChI=1S/C13H14ClNO/c1-10(13-7-4-8-16-13)15-9-11-5-2-3-6-12(11)14/h2-8,10,15H,9H2,1H3/t10-/m0/s1. The van der Waals surface area contributed by atoms with E-state index in [0.29, 0.717) is 0 Å². The van der Waals surface area contributed by atoms with Crippen LogP contribution in [0.4, 0.5) is 0 Å². The maximum Gasteiger partial charge on any atom is 0.120 e. The molecule has 0 aliphatic rings. The molecule has 0 saturated carbocycles. The summed E-state index contributed by atoms with van der Waals surface area (Å²) in [6.07, 6.45) is 1.68. The van der Waals surface area contributed by atoms with E-state index < -0.39 is 0 Å². The summed E-state index contributed by atoms with van der Waals surface area (Å²) in [7, 11) is 0. The van der Waals surface area contributed by atoms with E-state index in [1.807, 2.05) is 36.4 Å². The third kappa shape index (κ3) is 2.65. The van der Waals surface area contributed by atoms with E-state index in [0.717, 1.165) is 22.9 Å². The number of benzene rings is 1. The number of hydrogen-bond donors (Lipinski definition) is 1. The molecular weight excluding hydrogens is 222 g/mol. The Morgan fingerprint density at radius 3 is 2.75 bits per heavy atom. The fraction of sp³-hybridized carbons (Fsp3) is 0.231. The minimum atomic E-state index is 0.186. The number of rotatable bonds is 4. The molecule has 0 aliphatic heterocycles. The van der Waals surface area contributed by atoms with Gasteiger partial charge in [-0.2, -0.15) is 0 Å². The zero-order valence-corrected chi connectivity index (χ0v) is 9.87. The van der Waals surface area contributed by atoms with Crippen molar-refractivity contribution in [3.63, 3.8) is 0 Å². The molecule has 0 spiro atoms. The van der Waals surface area contributed by atoms with Gasteiger partial charge in [-0.05, 0) is 30.7 Å². The Morgan fingerprint density at radius 2 is 2.06 bits per heavy atom. The number of hydrogen-bond acceptors (Lipinski definition) is 2. The molecule has 3 heteroatoms. The monoisotopic (exact) mass is 235 g/mol. The highest BCUT2D eigenvalue weighted by molar-refractivity contribution is 6.31. The van der Waals surface area contributed by atoms with Crippen molar-refractivity contribution in [2.75, 3.05) is 0 Å². The summed E-state index contributed by atoms with van der Waals surface area (Å²) in [5, 5.41) is 4.16. The lowest BCUT2D eigenvalue weighted by atomic mass is 10.2. The van der Waals surface area contributed by atoms with Gasteiger partial charge in [0.15, 0.2) is 0 Å². The SMILES string of the molecule is C[C@H](NCc1ccccc1Cl)c1ccco1. The van der Waals surface area contributed by atoms with E-state index in [4.69, 9.17) is 16.0 Å². The molecule has 0 amide bonds. The second-order valence-corrected chi connectivity index (χ2v) is 4.12. The van der Waals surface area contributed by atoms with E-state index in [1.165, 1.54) is 0 Å². The Hall–Kier alpha value is -1.25. The van der Waals surface area contributed by atoms with Gasteiger partial charge in [0.2, 0.25) is 0 Å². The second kappa shape index (κ2) is 5.19.